The Hall–Kier alpha value is -8.93. The van der Waals surface area contributed by atoms with E-state index in [0.717, 1.165) is 84.2 Å². The highest BCUT2D eigenvalue weighted by molar-refractivity contribution is 5.92. The minimum absolute atomic E-state index is 0.263. The zero-order valence-corrected chi connectivity index (χ0v) is 50.1. The first kappa shape index (κ1) is 55.3. The molecule has 85 heavy (non-hydrogen) atoms. The molecule has 13 rings (SSSR count). The number of ether oxygens (including phenoxy) is 3. The van der Waals surface area contributed by atoms with Gasteiger partial charge in [0.05, 0.1) is 30.0 Å². The Kier molecular flexibility index (Phi) is 15.1. The molecular formula is C80H75NO4. The van der Waals surface area contributed by atoms with Crippen LogP contribution in [-0.2, 0) is 23.7 Å². The maximum atomic E-state index is 11.2. The molecule has 3 aliphatic rings. The lowest BCUT2D eigenvalue weighted by molar-refractivity contribution is 0.112. The minimum Gasteiger partial charge on any atom is -0.494 e. The van der Waals surface area contributed by atoms with Gasteiger partial charge in [0.15, 0.2) is 11.5 Å². The van der Waals surface area contributed by atoms with Crippen molar-refractivity contribution in [3.05, 3.63) is 267 Å². The largest absolute Gasteiger partial charge is 0.494 e. The van der Waals surface area contributed by atoms with Crippen molar-refractivity contribution < 1.29 is 19.0 Å². The number of carbonyl (C=O) groups is 1. The van der Waals surface area contributed by atoms with Crippen LogP contribution in [0.2, 0.25) is 0 Å². The highest BCUT2D eigenvalue weighted by Gasteiger charge is 2.47. The van der Waals surface area contributed by atoms with E-state index < -0.39 is 5.41 Å². The lowest BCUT2D eigenvalue weighted by Gasteiger charge is -2.34. The molecule has 424 valence electrons. The molecule has 5 nitrogen and oxygen atoms in total. The summed E-state index contributed by atoms with van der Waals surface area (Å²) in [5.41, 5.74) is 25.6. The number of hydrogen-bond donors (Lipinski definition) is 0. The van der Waals surface area contributed by atoms with Crippen LogP contribution < -0.4 is 19.1 Å². The number of hydrogen-bond acceptors (Lipinski definition) is 5. The van der Waals surface area contributed by atoms with Crippen molar-refractivity contribution in [1.29, 1.82) is 0 Å². The number of rotatable bonds is 20. The van der Waals surface area contributed by atoms with Gasteiger partial charge in [-0.2, -0.15) is 0 Å². The van der Waals surface area contributed by atoms with Gasteiger partial charge in [-0.3, -0.25) is 4.79 Å². The molecule has 2 aliphatic carbocycles. The minimum atomic E-state index is -0.606. The first-order valence-electron chi connectivity index (χ1n) is 30.9. The Labute approximate surface area is 502 Å². The number of anilines is 3. The smallest absolute Gasteiger partial charge is 0.151 e. The predicted molar refractivity (Wildman–Crippen MR) is 350 cm³/mol. The van der Waals surface area contributed by atoms with E-state index in [4.69, 9.17) is 14.2 Å². The zero-order valence-electron chi connectivity index (χ0n) is 50.1. The summed E-state index contributed by atoms with van der Waals surface area (Å²) < 4.78 is 19.2. The molecule has 0 spiro atoms. The van der Waals surface area contributed by atoms with Gasteiger partial charge in [-0.05, 0) is 232 Å². The van der Waals surface area contributed by atoms with Gasteiger partial charge < -0.3 is 19.1 Å². The van der Waals surface area contributed by atoms with Gasteiger partial charge in [0.2, 0.25) is 0 Å². The highest BCUT2D eigenvalue weighted by atomic mass is 16.5. The Morgan fingerprint density at radius 3 is 1.55 bits per heavy atom. The number of aldehydes is 1. The third kappa shape index (κ3) is 10.3. The van der Waals surface area contributed by atoms with Gasteiger partial charge in [-0.15, -0.1) is 0 Å². The molecule has 0 N–H and O–H groups in total. The molecule has 0 fully saturated rings. The van der Waals surface area contributed by atoms with Crippen molar-refractivity contribution in [2.24, 2.45) is 0 Å². The molecule has 1 atom stereocenters. The van der Waals surface area contributed by atoms with Crippen LogP contribution in [0.25, 0.3) is 44.5 Å². The third-order valence-electron chi connectivity index (χ3n) is 18.3. The molecule has 0 radical (unpaired) electrons. The van der Waals surface area contributed by atoms with Gasteiger partial charge >= 0.3 is 0 Å². The maximum Gasteiger partial charge on any atom is 0.151 e. The van der Waals surface area contributed by atoms with Gasteiger partial charge in [-0.25, -0.2) is 0 Å². The van der Waals surface area contributed by atoms with Crippen molar-refractivity contribution in [3.63, 3.8) is 0 Å². The molecule has 0 saturated carbocycles. The normalized spacial score (nSPS) is 14.8. The number of nitrogens with zero attached hydrogens (tertiary/aromatic N) is 1. The van der Waals surface area contributed by atoms with Gasteiger partial charge in [0.1, 0.15) is 17.8 Å². The van der Waals surface area contributed by atoms with E-state index >= 15 is 0 Å². The second kappa shape index (κ2) is 23.3. The van der Waals surface area contributed by atoms with Crippen LogP contribution in [-0.4, -0.2) is 19.5 Å². The predicted octanol–water partition coefficient (Wildman–Crippen LogP) is 21.0. The standard InChI is InChI=1S/C80H75NO4/c1-7-9-11-12-44-83-66-36-30-63(31-37-66)80(62-28-18-56(19-29-62)15-13-45-84-65-34-22-57(52-82)23-35-65)73-46-53(3)16-38-69(73)70-41-26-60(50-74(70)80)58-24-39-67-68-40-25-59(49-72(68)79(5,6)71(67)48-58)61-27-43-77-76(51-61)81(75-42-17-54(4)47-78(75)85-77)64-32-20-55(21-33-64)14-10-8-2/h16-43,46-52H,7-15,44-45H2,1-6H3. The molecule has 0 saturated heterocycles. The van der Waals surface area contributed by atoms with Crippen molar-refractivity contribution >= 4 is 23.3 Å². The molecule has 1 aliphatic heterocycles. The molecule has 0 aromatic heterocycles. The van der Waals surface area contributed by atoms with Crippen molar-refractivity contribution in [2.75, 3.05) is 18.1 Å². The summed E-state index contributed by atoms with van der Waals surface area (Å²) in [6, 6.07) is 76.5. The highest BCUT2D eigenvalue weighted by Crippen LogP contribution is 2.59. The van der Waals surface area contributed by atoms with Crippen LogP contribution in [0.4, 0.5) is 17.1 Å². The summed E-state index contributed by atoms with van der Waals surface area (Å²) >= 11 is 0. The van der Waals surface area contributed by atoms with Crippen molar-refractivity contribution in [1.82, 2.24) is 0 Å². The number of unbranched alkanes of at least 4 members (excludes halogenated alkanes) is 4. The number of aryl methyl sites for hydroxylation is 4. The second-order valence-corrected chi connectivity index (χ2v) is 24.3. The van der Waals surface area contributed by atoms with E-state index in [2.05, 4.69) is 228 Å². The summed E-state index contributed by atoms with van der Waals surface area (Å²) in [7, 11) is 0. The molecule has 1 unspecified atom stereocenters. The molecule has 5 heteroatoms. The Morgan fingerprint density at radius 2 is 0.929 bits per heavy atom. The van der Waals surface area contributed by atoms with Crippen molar-refractivity contribution in [2.45, 2.75) is 110 Å². The topological polar surface area (TPSA) is 48.0 Å². The van der Waals surface area contributed by atoms with E-state index in [1.165, 1.54) is 127 Å². The molecule has 0 amide bonds. The fourth-order valence-electron chi connectivity index (χ4n) is 13.6. The van der Waals surface area contributed by atoms with Crippen LogP contribution in [0.1, 0.15) is 139 Å². The number of carbonyl (C=O) groups excluding carboxylic acids is 1. The summed E-state index contributed by atoms with van der Waals surface area (Å²) in [5, 5.41) is 0. The van der Waals surface area contributed by atoms with E-state index in [1.54, 1.807) is 12.1 Å². The summed E-state index contributed by atoms with van der Waals surface area (Å²) in [5.74, 6) is 3.41. The Bertz CT molecular complexity index is 4100. The van der Waals surface area contributed by atoms with E-state index in [-0.39, 0.29) is 5.41 Å². The molecule has 1 heterocycles. The van der Waals surface area contributed by atoms with Crippen LogP contribution in [0.5, 0.6) is 23.0 Å². The van der Waals surface area contributed by atoms with Gasteiger partial charge in [0.25, 0.3) is 0 Å². The number of fused-ring (bicyclic) bond motifs is 8. The molecule has 10 aromatic carbocycles. The summed E-state index contributed by atoms with van der Waals surface area (Å²) in [6.07, 6.45) is 10.7. The quantitative estimate of drug-likeness (QED) is 0.0562. The lowest BCUT2D eigenvalue weighted by Crippen LogP contribution is -2.28. The van der Waals surface area contributed by atoms with E-state index in [1.807, 2.05) is 12.1 Å². The van der Waals surface area contributed by atoms with Crippen LogP contribution in [0, 0.1) is 13.8 Å². The van der Waals surface area contributed by atoms with Gasteiger partial charge in [0, 0.05) is 16.7 Å². The number of benzene rings is 10. The van der Waals surface area contributed by atoms with Gasteiger partial charge in [-0.1, -0.05) is 174 Å². The molecule has 0 bridgehead atoms. The zero-order chi connectivity index (χ0) is 58.2. The lowest BCUT2D eigenvalue weighted by atomic mass is 9.67. The Balaban J connectivity index is 0.840. The fraction of sp³-hybridized carbons (Fsp3) is 0.237. The SMILES string of the molecule is CCCCCCOc1ccc(C2(c3ccc(CCCOc4ccc(C=O)cc4)cc3)c3cc(C)ccc3-c3ccc(-c4ccc5c(c4)C(C)(C)c4cc(-c6ccc7c(c6)N(c6ccc(CCCC)cc6)c6ccc(C)cc6O7)ccc4-5)cc32)cc1. The van der Waals surface area contributed by atoms with E-state index in [0.29, 0.717) is 12.2 Å². The van der Waals surface area contributed by atoms with Crippen LogP contribution >= 0.6 is 0 Å². The average molecular weight is 1110 g/mol. The first-order valence-corrected chi connectivity index (χ1v) is 30.9. The van der Waals surface area contributed by atoms with E-state index in [9.17, 15) is 4.79 Å². The monoisotopic (exact) mass is 1110 g/mol. The van der Waals surface area contributed by atoms with Crippen LogP contribution in [0.3, 0.4) is 0 Å². The second-order valence-electron chi connectivity index (χ2n) is 24.3. The third-order valence-corrected chi connectivity index (χ3v) is 18.3. The molecular weight excluding hydrogens is 1040 g/mol. The average Bonchev–Trinajstić information content (AvgIpc) is 1.62. The fourth-order valence-corrected chi connectivity index (χ4v) is 13.6. The summed E-state index contributed by atoms with van der Waals surface area (Å²) in [4.78, 5) is 13.6. The Morgan fingerprint density at radius 1 is 0.435 bits per heavy atom. The maximum absolute atomic E-state index is 11.2. The molecule has 10 aromatic rings. The van der Waals surface area contributed by atoms with Crippen molar-refractivity contribution in [3.8, 4) is 67.5 Å². The first-order chi connectivity index (χ1) is 41.5. The summed E-state index contributed by atoms with van der Waals surface area (Å²) in [6.45, 7) is 14.9. The van der Waals surface area contributed by atoms with Crippen LogP contribution in [0.15, 0.2) is 206 Å².